The standard InChI is InChI=1S/C16H24N2O/c1-4-12(5-2)16(19)18-10-6-7-13-11-14(17-3)8-9-15(13)18/h8-9,11-12,17H,4-7,10H2,1-3H3. The first-order valence-corrected chi connectivity index (χ1v) is 7.33. The molecule has 19 heavy (non-hydrogen) atoms. The SMILES string of the molecule is CCC(CC)C(=O)N1CCCc2cc(NC)ccc21. The van der Waals surface area contributed by atoms with Crippen LogP contribution in [0.1, 0.15) is 38.7 Å². The fourth-order valence-corrected chi connectivity index (χ4v) is 2.84. The second-order valence-electron chi connectivity index (χ2n) is 5.20. The molecule has 2 rings (SSSR count). The lowest BCUT2D eigenvalue weighted by Gasteiger charge is -2.32. The molecule has 0 aliphatic carbocycles. The number of carbonyl (C=O) groups is 1. The number of benzene rings is 1. The van der Waals surface area contributed by atoms with Gasteiger partial charge in [0.05, 0.1) is 0 Å². The van der Waals surface area contributed by atoms with E-state index >= 15 is 0 Å². The summed E-state index contributed by atoms with van der Waals surface area (Å²) in [7, 11) is 1.93. The van der Waals surface area contributed by atoms with Gasteiger partial charge in [-0.2, -0.15) is 0 Å². The molecule has 0 saturated carbocycles. The van der Waals surface area contributed by atoms with Crippen LogP contribution >= 0.6 is 0 Å². The van der Waals surface area contributed by atoms with Gasteiger partial charge in [-0.05, 0) is 49.4 Å². The van der Waals surface area contributed by atoms with Crippen LogP contribution in [0.5, 0.6) is 0 Å². The molecule has 1 aliphatic heterocycles. The monoisotopic (exact) mass is 260 g/mol. The van der Waals surface area contributed by atoms with Crippen LogP contribution in [0, 0.1) is 5.92 Å². The maximum Gasteiger partial charge on any atom is 0.230 e. The summed E-state index contributed by atoms with van der Waals surface area (Å²) in [6.45, 7) is 5.06. The number of anilines is 2. The molecule has 1 aromatic rings. The molecule has 0 saturated heterocycles. The van der Waals surface area contributed by atoms with E-state index in [-0.39, 0.29) is 5.92 Å². The van der Waals surface area contributed by atoms with Crippen LogP contribution in [0.4, 0.5) is 11.4 Å². The highest BCUT2D eigenvalue weighted by atomic mass is 16.2. The van der Waals surface area contributed by atoms with Crippen LogP contribution in [0.2, 0.25) is 0 Å². The molecule has 0 bridgehead atoms. The maximum atomic E-state index is 12.6. The third-order valence-electron chi connectivity index (χ3n) is 4.09. The summed E-state index contributed by atoms with van der Waals surface area (Å²) in [5, 5.41) is 3.16. The molecule has 3 heteroatoms. The topological polar surface area (TPSA) is 32.3 Å². The number of nitrogens with one attached hydrogen (secondary N) is 1. The maximum absolute atomic E-state index is 12.6. The van der Waals surface area contributed by atoms with Crippen molar-refractivity contribution in [3.8, 4) is 0 Å². The van der Waals surface area contributed by atoms with E-state index in [1.54, 1.807) is 0 Å². The third-order valence-corrected chi connectivity index (χ3v) is 4.09. The van der Waals surface area contributed by atoms with Gasteiger partial charge in [0.15, 0.2) is 0 Å². The van der Waals surface area contributed by atoms with Gasteiger partial charge >= 0.3 is 0 Å². The van der Waals surface area contributed by atoms with Gasteiger partial charge in [-0.1, -0.05) is 13.8 Å². The van der Waals surface area contributed by atoms with Crippen molar-refractivity contribution in [2.75, 3.05) is 23.8 Å². The number of hydrogen-bond acceptors (Lipinski definition) is 2. The lowest BCUT2D eigenvalue weighted by Crippen LogP contribution is -2.39. The molecule has 0 aromatic heterocycles. The van der Waals surface area contributed by atoms with E-state index in [1.807, 2.05) is 11.9 Å². The van der Waals surface area contributed by atoms with Gasteiger partial charge in [-0.3, -0.25) is 4.79 Å². The summed E-state index contributed by atoms with van der Waals surface area (Å²) in [6, 6.07) is 6.31. The van der Waals surface area contributed by atoms with E-state index in [0.717, 1.165) is 43.6 Å². The van der Waals surface area contributed by atoms with Crippen molar-refractivity contribution in [1.29, 1.82) is 0 Å². The number of hydrogen-bond donors (Lipinski definition) is 1. The minimum absolute atomic E-state index is 0.162. The average molecular weight is 260 g/mol. The van der Waals surface area contributed by atoms with E-state index in [2.05, 4.69) is 37.4 Å². The Labute approximate surface area is 116 Å². The summed E-state index contributed by atoms with van der Waals surface area (Å²) in [5.74, 6) is 0.457. The Morgan fingerprint density at radius 1 is 1.37 bits per heavy atom. The summed E-state index contributed by atoms with van der Waals surface area (Å²) in [4.78, 5) is 14.6. The van der Waals surface area contributed by atoms with Crippen LogP contribution in [-0.4, -0.2) is 19.5 Å². The van der Waals surface area contributed by atoms with Crippen molar-refractivity contribution in [2.45, 2.75) is 39.5 Å². The number of aryl methyl sites for hydroxylation is 1. The van der Waals surface area contributed by atoms with Gasteiger partial charge in [-0.15, -0.1) is 0 Å². The molecule has 0 spiro atoms. The van der Waals surface area contributed by atoms with Crippen molar-refractivity contribution >= 4 is 17.3 Å². The van der Waals surface area contributed by atoms with Gasteiger partial charge in [-0.25, -0.2) is 0 Å². The first-order chi connectivity index (χ1) is 9.21. The average Bonchev–Trinajstić information content (AvgIpc) is 2.47. The molecule has 0 radical (unpaired) electrons. The van der Waals surface area contributed by atoms with E-state index in [4.69, 9.17) is 0 Å². The Balaban J connectivity index is 2.29. The third kappa shape index (κ3) is 2.75. The van der Waals surface area contributed by atoms with Crippen LogP contribution in [0.25, 0.3) is 0 Å². The predicted molar refractivity (Wildman–Crippen MR) is 80.7 cm³/mol. The molecule has 1 N–H and O–H groups in total. The zero-order valence-corrected chi connectivity index (χ0v) is 12.2. The van der Waals surface area contributed by atoms with E-state index in [1.165, 1.54) is 5.56 Å². The lowest BCUT2D eigenvalue weighted by molar-refractivity contribution is -0.122. The van der Waals surface area contributed by atoms with E-state index in [0.29, 0.717) is 5.91 Å². The lowest BCUT2D eigenvalue weighted by atomic mass is 9.96. The smallest absolute Gasteiger partial charge is 0.230 e. The zero-order chi connectivity index (χ0) is 13.8. The highest BCUT2D eigenvalue weighted by molar-refractivity contribution is 5.96. The molecule has 104 valence electrons. The van der Waals surface area contributed by atoms with Crippen molar-refractivity contribution in [2.24, 2.45) is 5.92 Å². The van der Waals surface area contributed by atoms with E-state index in [9.17, 15) is 4.79 Å². The van der Waals surface area contributed by atoms with Gasteiger partial charge in [0.25, 0.3) is 0 Å². The number of amides is 1. The number of carbonyl (C=O) groups excluding carboxylic acids is 1. The fourth-order valence-electron chi connectivity index (χ4n) is 2.84. The van der Waals surface area contributed by atoms with Crippen LogP contribution in [0.15, 0.2) is 18.2 Å². The highest BCUT2D eigenvalue weighted by Gasteiger charge is 2.26. The molecule has 1 heterocycles. The Bertz CT molecular complexity index is 452. The van der Waals surface area contributed by atoms with Crippen LogP contribution < -0.4 is 10.2 Å². The molecule has 0 unspecified atom stereocenters. The summed E-state index contributed by atoms with van der Waals surface area (Å²) in [6.07, 6.45) is 3.98. The van der Waals surface area contributed by atoms with E-state index < -0.39 is 0 Å². The Hall–Kier alpha value is -1.51. The second-order valence-corrected chi connectivity index (χ2v) is 5.20. The molecular formula is C16H24N2O. The Morgan fingerprint density at radius 3 is 2.74 bits per heavy atom. The fraction of sp³-hybridized carbons (Fsp3) is 0.562. The molecule has 1 aromatic carbocycles. The molecular weight excluding hydrogens is 236 g/mol. The quantitative estimate of drug-likeness (QED) is 0.899. The second kappa shape index (κ2) is 6.09. The van der Waals surface area contributed by atoms with Gasteiger partial charge in [0, 0.05) is 30.9 Å². The Morgan fingerprint density at radius 2 is 2.11 bits per heavy atom. The van der Waals surface area contributed by atoms with Crippen molar-refractivity contribution in [3.05, 3.63) is 23.8 Å². The van der Waals surface area contributed by atoms with Crippen molar-refractivity contribution in [1.82, 2.24) is 0 Å². The minimum Gasteiger partial charge on any atom is -0.388 e. The minimum atomic E-state index is 0.162. The number of nitrogens with zero attached hydrogens (tertiary/aromatic N) is 1. The van der Waals surface area contributed by atoms with Crippen LogP contribution in [-0.2, 0) is 11.2 Å². The molecule has 1 aliphatic rings. The molecule has 1 amide bonds. The largest absolute Gasteiger partial charge is 0.388 e. The summed E-state index contributed by atoms with van der Waals surface area (Å²) < 4.78 is 0. The molecule has 0 atom stereocenters. The van der Waals surface area contributed by atoms with Gasteiger partial charge in [0.1, 0.15) is 0 Å². The molecule has 3 nitrogen and oxygen atoms in total. The first-order valence-electron chi connectivity index (χ1n) is 7.33. The summed E-state index contributed by atoms with van der Waals surface area (Å²) >= 11 is 0. The predicted octanol–water partition coefficient (Wildman–Crippen LogP) is 3.44. The van der Waals surface area contributed by atoms with Crippen molar-refractivity contribution < 1.29 is 4.79 Å². The summed E-state index contributed by atoms with van der Waals surface area (Å²) in [5.41, 5.74) is 3.52. The molecule has 0 fully saturated rings. The van der Waals surface area contributed by atoms with Crippen molar-refractivity contribution in [3.63, 3.8) is 0 Å². The first kappa shape index (κ1) is 13.9. The highest BCUT2D eigenvalue weighted by Crippen LogP contribution is 2.31. The van der Waals surface area contributed by atoms with Crippen LogP contribution in [0.3, 0.4) is 0 Å². The Kier molecular flexibility index (Phi) is 4.46. The number of fused-ring (bicyclic) bond motifs is 1. The van der Waals surface area contributed by atoms with Gasteiger partial charge < -0.3 is 10.2 Å². The normalized spacial score (nSPS) is 14.4. The van der Waals surface area contributed by atoms with Gasteiger partial charge in [0.2, 0.25) is 5.91 Å². The number of rotatable bonds is 4. The zero-order valence-electron chi connectivity index (χ0n) is 12.2.